The first kappa shape index (κ1) is 11.6. The van der Waals surface area contributed by atoms with E-state index in [1.54, 1.807) is 0 Å². The summed E-state index contributed by atoms with van der Waals surface area (Å²) < 4.78 is 0. The van der Waals surface area contributed by atoms with Gasteiger partial charge in [-0.15, -0.1) is 0 Å². The van der Waals surface area contributed by atoms with Crippen LogP contribution in [0.25, 0.3) is 0 Å². The molecule has 0 aromatic heterocycles. The molecule has 3 N–H and O–H groups in total. The van der Waals surface area contributed by atoms with Crippen LogP contribution >= 0.6 is 0 Å². The number of nitro groups is 1. The molecule has 0 aliphatic rings. The number of carbonyl (C=O) groups is 2. The Kier molecular flexibility index (Phi) is 3.19. The zero-order chi connectivity index (χ0) is 12.3. The highest BCUT2D eigenvalue weighted by molar-refractivity contribution is 5.97. The first-order valence-electron chi connectivity index (χ1n) is 4.27. The van der Waals surface area contributed by atoms with E-state index in [-0.39, 0.29) is 16.9 Å². The third-order valence-corrected chi connectivity index (χ3v) is 1.79. The van der Waals surface area contributed by atoms with Gasteiger partial charge in [-0.05, 0) is 12.1 Å². The van der Waals surface area contributed by atoms with Crippen LogP contribution in [-0.2, 0) is 4.79 Å². The predicted molar refractivity (Wildman–Crippen MR) is 55.9 cm³/mol. The standard InChI is InChI=1S/C9H9N3O4/c1-5(13)11-7-4-6(9(10)14)2-3-8(7)12(15)16/h2-4H,1H3,(H2,10,14)(H,11,13). The lowest BCUT2D eigenvalue weighted by atomic mass is 10.1. The number of benzene rings is 1. The maximum absolute atomic E-state index is 10.9. The zero-order valence-electron chi connectivity index (χ0n) is 8.39. The van der Waals surface area contributed by atoms with Crippen molar-refractivity contribution in [1.82, 2.24) is 0 Å². The van der Waals surface area contributed by atoms with Gasteiger partial charge in [0, 0.05) is 18.6 Å². The number of nitrogens with two attached hydrogens (primary N) is 1. The van der Waals surface area contributed by atoms with E-state index >= 15 is 0 Å². The molecule has 0 unspecified atom stereocenters. The summed E-state index contributed by atoms with van der Waals surface area (Å²) in [5, 5.41) is 12.9. The monoisotopic (exact) mass is 223 g/mol. The number of hydrogen-bond donors (Lipinski definition) is 2. The van der Waals surface area contributed by atoms with Gasteiger partial charge in [0.1, 0.15) is 5.69 Å². The van der Waals surface area contributed by atoms with E-state index in [4.69, 9.17) is 5.73 Å². The number of nitrogens with zero attached hydrogens (tertiary/aromatic N) is 1. The minimum absolute atomic E-state index is 0.0474. The molecule has 1 aromatic carbocycles. The summed E-state index contributed by atoms with van der Waals surface area (Å²) in [5.41, 5.74) is 4.77. The van der Waals surface area contributed by atoms with Crippen LogP contribution in [0, 0.1) is 10.1 Å². The van der Waals surface area contributed by atoms with Gasteiger partial charge in [-0.2, -0.15) is 0 Å². The van der Waals surface area contributed by atoms with Gasteiger partial charge in [-0.25, -0.2) is 0 Å². The van der Waals surface area contributed by atoms with E-state index in [0.717, 1.165) is 6.07 Å². The smallest absolute Gasteiger partial charge is 0.292 e. The Morgan fingerprint density at radius 1 is 1.44 bits per heavy atom. The van der Waals surface area contributed by atoms with Crippen LogP contribution in [0.4, 0.5) is 11.4 Å². The van der Waals surface area contributed by atoms with E-state index in [1.807, 2.05) is 0 Å². The van der Waals surface area contributed by atoms with Gasteiger partial charge < -0.3 is 11.1 Å². The maximum Gasteiger partial charge on any atom is 0.292 e. The average molecular weight is 223 g/mol. The Morgan fingerprint density at radius 2 is 2.06 bits per heavy atom. The van der Waals surface area contributed by atoms with Crippen molar-refractivity contribution in [2.24, 2.45) is 5.73 Å². The molecule has 0 saturated heterocycles. The van der Waals surface area contributed by atoms with E-state index in [2.05, 4.69) is 5.32 Å². The second-order valence-corrected chi connectivity index (χ2v) is 3.03. The minimum atomic E-state index is -0.721. The Morgan fingerprint density at radius 3 is 2.50 bits per heavy atom. The molecule has 7 heteroatoms. The number of hydrogen-bond acceptors (Lipinski definition) is 4. The first-order valence-corrected chi connectivity index (χ1v) is 4.27. The minimum Gasteiger partial charge on any atom is -0.366 e. The van der Waals surface area contributed by atoms with Crippen molar-refractivity contribution < 1.29 is 14.5 Å². The molecule has 0 aliphatic heterocycles. The Bertz CT molecular complexity index is 470. The largest absolute Gasteiger partial charge is 0.366 e. The normalized spacial score (nSPS) is 9.56. The van der Waals surface area contributed by atoms with Gasteiger partial charge in [-0.1, -0.05) is 0 Å². The summed E-state index contributed by atoms with van der Waals surface area (Å²) >= 11 is 0. The number of nitro benzene ring substituents is 1. The molecule has 0 spiro atoms. The third-order valence-electron chi connectivity index (χ3n) is 1.79. The number of carbonyl (C=O) groups excluding carboxylic acids is 2. The fourth-order valence-corrected chi connectivity index (χ4v) is 1.14. The highest BCUT2D eigenvalue weighted by Gasteiger charge is 2.16. The second kappa shape index (κ2) is 4.39. The van der Waals surface area contributed by atoms with Crippen molar-refractivity contribution in [3.8, 4) is 0 Å². The number of anilines is 1. The van der Waals surface area contributed by atoms with Crippen LogP contribution in [-0.4, -0.2) is 16.7 Å². The lowest BCUT2D eigenvalue weighted by Crippen LogP contribution is -2.13. The summed E-state index contributed by atoms with van der Waals surface area (Å²) in [4.78, 5) is 31.6. The number of rotatable bonds is 3. The van der Waals surface area contributed by atoms with Crippen LogP contribution in [0.15, 0.2) is 18.2 Å². The molecule has 84 valence electrons. The lowest BCUT2D eigenvalue weighted by Gasteiger charge is -2.04. The van der Waals surface area contributed by atoms with Gasteiger partial charge in [0.05, 0.1) is 4.92 Å². The van der Waals surface area contributed by atoms with Gasteiger partial charge in [0.15, 0.2) is 0 Å². The highest BCUT2D eigenvalue weighted by Crippen LogP contribution is 2.25. The zero-order valence-corrected chi connectivity index (χ0v) is 8.39. The SMILES string of the molecule is CC(=O)Nc1cc(C(N)=O)ccc1[N+](=O)[O-]. The van der Waals surface area contributed by atoms with Crippen LogP contribution < -0.4 is 11.1 Å². The van der Waals surface area contributed by atoms with Gasteiger partial charge >= 0.3 is 0 Å². The predicted octanol–water partition coefficient (Wildman–Crippen LogP) is 0.652. The Labute approximate surface area is 90.4 Å². The quantitative estimate of drug-likeness (QED) is 0.578. The summed E-state index contributed by atoms with van der Waals surface area (Å²) in [6.07, 6.45) is 0. The van der Waals surface area contributed by atoms with Crippen LogP contribution in [0.2, 0.25) is 0 Å². The maximum atomic E-state index is 10.9. The van der Waals surface area contributed by atoms with Crippen LogP contribution in [0.5, 0.6) is 0 Å². The van der Waals surface area contributed by atoms with E-state index in [0.29, 0.717) is 0 Å². The van der Waals surface area contributed by atoms with Crippen molar-refractivity contribution >= 4 is 23.2 Å². The number of amides is 2. The van der Waals surface area contributed by atoms with Gasteiger partial charge in [0.25, 0.3) is 5.69 Å². The molecular formula is C9H9N3O4. The molecule has 7 nitrogen and oxygen atoms in total. The summed E-state index contributed by atoms with van der Waals surface area (Å²) in [6.45, 7) is 1.21. The Hall–Kier alpha value is -2.44. The molecule has 0 radical (unpaired) electrons. The van der Waals surface area contributed by atoms with Crippen molar-refractivity contribution in [1.29, 1.82) is 0 Å². The van der Waals surface area contributed by atoms with Gasteiger partial charge in [0.2, 0.25) is 11.8 Å². The van der Waals surface area contributed by atoms with Crippen LogP contribution in [0.1, 0.15) is 17.3 Å². The summed E-state index contributed by atoms with van der Waals surface area (Å²) in [5.74, 6) is -1.19. The third kappa shape index (κ3) is 2.53. The lowest BCUT2D eigenvalue weighted by molar-refractivity contribution is -0.383. The molecule has 0 fully saturated rings. The molecule has 1 aromatic rings. The van der Waals surface area contributed by atoms with Crippen molar-refractivity contribution in [2.45, 2.75) is 6.92 Å². The fourth-order valence-electron chi connectivity index (χ4n) is 1.14. The van der Waals surface area contributed by atoms with Crippen molar-refractivity contribution in [3.63, 3.8) is 0 Å². The first-order chi connectivity index (χ1) is 7.41. The molecule has 0 bridgehead atoms. The molecular weight excluding hydrogens is 214 g/mol. The van der Waals surface area contributed by atoms with E-state index in [1.165, 1.54) is 19.1 Å². The van der Waals surface area contributed by atoms with Crippen molar-refractivity contribution in [3.05, 3.63) is 33.9 Å². The number of nitrogens with one attached hydrogen (secondary N) is 1. The Balaban J connectivity index is 3.26. The topological polar surface area (TPSA) is 115 Å². The van der Waals surface area contributed by atoms with E-state index in [9.17, 15) is 19.7 Å². The average Bonchev–Trinajstić information content (AvgIpc) is 2.15. The molecule has 16 heavy (non-hydrogen) atoms. The summed E-state index contributed by atoms with van der Waals surface area (Å²) in [7, 11) is 0. The molecule has 0 saturated carbocycles. The molecule has 0 aliphatic carbocycles. The fraction of sp³-hybridized carbons (Fsp3) is 0.111. The number of primary amides is 1. The highest BCUT2D eigenvalue weighted by atomic mass is 16.6. The van der Waals surface area contributed by atoms with Crippen LogP contribution in [0.3, 0.4) is 0 Å². The molecule has 1 rings (SSSR count). The molecule has 0 heterocycles. The second-order valence-electron chi connectivity index (χ2n) is 3.03. The van der Waals surface area contributed by atoms with E-state index < -0.39 is 16.7 Å². The molecule has 2 amide bonds. The summed E-state index contributed by atoms with van der Waals surface area (Å²) in [6, 6.07) is 3.51. The van der Waals surface area contributed by atoms with Gasteiger partial charge in [-0.3, -0.25) is 19.7 Å². The van der Waals surface area contributed by atoms with Crippen molar-refractivity contribution in [2.75, 3.05) is 5.32 Å². The molecule has 0 atom stereocenters.